The second kappa shape index (κ2) is 6.35. The predicted octanol–water partition coefficient (Wildman–Crippen LogP) is 2.18. The number of nitrogens with two attached hydrogens (primary N) is 1. The highest BCUT2D eigenvalue weighted by Gasteiger charge is 2.37. The number of hydrogen-bond donors (Lipinski definition) is 1. The highest BCUT2D eigenvalue weighted by atomic mass is 16.5. The molecule has 0 unspecified atom stereocenters. The summed E-state index contributed by atoms with van der Waals surface area (Å²) in [6, 6.07) is 5.94. The summed E-state index contributed by atoms with van der Waals surface area (Å²) in [6.45, 7) is 4.81. The van der Waals surface area contributed by atoms with Gasteiger partial charge in [-0.1, -0.05) is 25.8 Å². The first-order valence-electron chi connectivity index (χ1n) is 7.19. The fraction of sp³-hybridized carbons (Fsp3) is 0.667. The van der Waals surface area contributed by atoms with Gasteiger partial charge in [0.15, 0.2) is 0 Å². The zero-order valence-corrected chi connectivity index (χ0v) is 12.1. The fourth-order valence-electron chi connectivity index (χ4n) is 3.15. The number of nitrogens with zero attached hydrogens (tertiary/aromatic N) is 2. The molecule has 1 aromatic heterocycles. The molecule has 106 valence electrons. The van der Waals surface area contributed by atoms with Gasteiger partial charge in [-0.25, -0.2) is 4.98 Å². The van der Waals surface area contributed by atoms with Crippen molar-refractivity contribution in [3.05, 3.63) is 23.9 Å². The molecule has 0 amide bonds. The molecule has 1 aliphatic carbocycles. The topological polar surface area (TPSA) is 51.4 Å². The van der Waals surface area contributed by atoms with Crippen LogP contribution in [-0.4, -0.2) is 35.6 Å². The van der Waals surface area contributed by atoms with E-state index >= 15 is 0 Å². The lowest BCUT2D eigenvalue weighted by molar-refractivity contribution is 0.0954. The van der Waals surface area contributed by atoms with E-state index in [9.17, 15) is 0 Å². The molecule has 0 aromatic carbocycles. The number of pyridine rings is 1. The summed E-state index contributed by atoms with van der Waals surface area (Å²) in [4.78, 5) is 7.00. The molecule has 1 aromatic rings. The van der Waals surface area contributed by atoms with E-state index in [2.05, 4.69) is 22.9 Å². The third-order valence-corrected chi connectivity index (χ3v) is 4.31. The lowest BCUT2D eigenvalue weighted by Gasteiger charge is -2.40. The monoisotopic (exact) mass is 263 g/mol. The molecule has 4 nitrogen and oxygen atoms in total. The minimum Gasteiger partial charge on any atom is -0.481 e. The van der Waals surface area contributed by atoms with E-state index in [1.807, 2.05) is 12.1 Å². The molecule has 1 saturated carbocycles. The maximum atomic E-state index is 6.07. The Balaban J connectivity index is 2.13. The molecule has 2 N–H and O–H groups in total. The van der Waals surface area contributed by atoms with Gasteiger partial charge < -0.3 is 10.5 Å². The molecule has 0 atom stereocenters. The van der Waals surface area contributed by atoms with Crippen LogP contribution < -0.4 is 10.5 Å². The van der Waals surface area contributed by atoms with Crippen molar-refractivity contribution in [3.63, 3.8) is 0 Å². The Labute approximate surface area is 116 Å². The van der Waals surface area contributed by atoms with E-state index in [1.54, 1.807) is 7.11 Å². The molecule has 0 aliphatic heterocycles. The first-order valence-corrected chi connectivity index (χ1v) is 7.19. The van der Waals surface area contributed by atoms with E-state index in [0.29, 0.717) is 5.88 Å². The normalized spacial score (nSPS) is 17.9. The van der Waals surface area contributed by atoms with Crippen LogP contribution >= 0.6 is 0 Å². The highest BCUT2D eigenvalue weighted by Crippen LogP contribution is 2.35. The van der Waals surface area contributed by atoms with Gasteiger partial charge in [-0.2, -0.15) is 0 Å². The molecular weight excluding hydrogens is 238 g/mol. The highest BCUT2D eigenvalue weighted by molar-refractivity contribution is 5.16. The van der Waals surface area contributed by atoms with Crippen molar-refractivity contribution in [2.24, 2.45) is 5.73 Å². The van der Waals surface area contributed by atoms with Gasteiger partial charge in [0.25, 0.3) is 0 Å². The lowest BCUT2D eigenvalue weighted by atomic mass is 9.95. The van der Waals surface area contributed by atoms with Crippen molar-refractivity contribution in [3.8, 4) is 5.88 Å². The average Bonchev–Trinajstić information content (AvgIpc) is 2.95. The predicted molar refractivity (Wildman–Crippen MR) is 77.1 cm³/mol. The zero-order valence-electron chi connectivity index (χ0n) is 12.1. The summed E-state index contributed by atoms with van der Waals surface area (Å²) in [5, 5.41) is 0. The number of ether oxygens (including phenoxy) is 1. The molecule has 0 spiro atoms. The quantitative estimate of drug-likeness (QED) is 0.854. The first kappa shape index (κ1) is 14.3. The standard InChI is InChI=1S/C15H25N3O/c1-3-18(15(12-16)9-4-5-10-15)11-13-7-6-8-14(17-13)19-2/h6-8H,3-5,9-12,16H2,1-2H3. The van der Waals surface area contributed by atoms with Gasteiger partial charge in [0.1, 0.15) is 0 Å². The van der Waals surface area contributed by atoms with Crippen LogP contribution in [0.4, 0.5) is 0 Å². The number of hydrogen-bond acceptors (Lipinski definition) is 4. The molecule has 2 rings (SSSR count). The summed E-state index contributed by atoms with van der Waals surface area (Å²) < 4.78 is 5.19. The van der Waals surface area contributed by atoms with Crippen molar-refractivity contribution in [1.82, 2.24) is 9.88 Å². The van der Waals surface area contributed by atoms with Crippen molar-refractivity contribution >= 4 is 0 Å². The molecule has 0 bridgehead atoms. The van der Waals surface area contributed by atoms with Gasteiger partial charge in [0, 0.05) is 24.7 Å². The first-order chi connectivity index (χ1) is 9.24. The Morgan fingerprint density at radius 3 is 2.68 bits per heavy atom. The third kappa shape index (κ3) is 3.07. The van der Waals surface area contributed by atoms with Gasteiger partial charge in [0.2, 0.25) is 5.88 Å². The fourth-order valence-corrected chi connectivity index (χ4v) is 3.15. The van der Waals surface area contributed by atoms with Crippen LogP contribution in [0.1, 0.15) is 38.3 Å². The minimum atomic E-state index is 0.180. The maximum absolute atomic E-state index is 6.07. The van der Waals surface area contributed by atoms with Crippen molar-refractivity contribution in [2.45, 2.75) is 44.7 Å². The Bertz CT molecular complexity index is 402. The second-order valence-corrected chi connectivity index (χ2v) is 5.32. The smallest absolute Gasteiger partial charge is 0.213 e. The van der Waals surface area contributed by atoms with Crippen LogP contribution in [0.25, 0.3) is 0 Å². The van der Waals surface area contributed by atoms with Gasteiger partial charge in [-0.3, -0.25) is 4.90 Å². The second-order valence-electron chi connectivity index (χ2n) is 5.32. The Morgan fingerprint density at radius 2 is 2.11 bits per heavy atom. The van der Waals surface area contributed by atoms with Crippen LogP contribution in [0.3, 0.4) is 0 Å². The minimum absolute atomic E-state index is 0.180. The van der Waals surface area contributed by atoms with Crippen molar-refractivity contribution in [1.29, 1.82) is 0 Å². The molecule has 1 fully saturated rings. The molecule has 19 heavy (non-hydrogen) atoms. The van der Waals surface area contributed by atoms with E-state index in [1.165, 1.54) is 25.7 Å². The number of rotatable bonds is 6. The summed E-state index contributed by atoms with van der Waals surface area (Å²) >= 11 is 0. The van der Waals surface area contributed by atoms with Crippen LogP contribution in [-0.2, 0) is 6.54 Å². The van der Waals surface area contributed by atoms with Crippen LogP contribution in [0, 0.1) is 0 Å². The maximum Gasteiger partial charge on any atom is 0.213 e. The van der Waals surface area contributed by atoms with E-state index in [4.69, 9.17) is 10.5 Å². The van der Waals surface area contributed by atoms with E-state index in [0.717, 1.165) is 25.3 Å². The van der Waals surface area contributed by atoms with Gasteiger partial charge in [0.05, 0.1) is 12.8 Å². The summed E-state index contributed by atoms with van der Waals surface area (Å²) in [5.41, 5.74) is 7.30. The third-order valence-electron chi connectivity index (χ3n) is 4.31. The van der Waals surface area contributed by atoms with Crippen molar-refractivity contribution < 1.29 is 4.74 Å². The zero-order chi connectivity index (χ0) is 13.7. The van der Waals surface area contributed by atoms with Gasteiger partial charge in [-0.05, 0) is 25.5 Å². The average molecular weight is 263 g/mol. The van der Waals surface area contributed by atoms with Gasteiger partial charge >= 0.3 is 0 Å². The summed E-state index contributed by atoms with van der Waals surface area (Å²) in [6.07, 6.45) is 5.00. The molecule has 0 radical (unpaired) electrons. The molecule has 4 heteroatoms. The summed E-state index contributed by atoms with van der Waals surface area (Å²) in [5.74, 6) is 0.682. The Morgan fingerprint density at radius 1 is 1.37 bits per heavy atom. The van der Waals surface area contributed by atoms with E-state index in [-0.39, 0.29) is 5.54 Å². The lowest BCUT2D eigenvalue weighted by Crippen LogP contribution is -2.51. The molecule has 1 heterocycles. The van der Waals surface area contributed by atoms with Crippen LogP contribution in [0.2, 0.25) is 0 Å². The van der Waals surface area contributed by atoms with E-state index < -0.39 is 0 Å². The number of likely N-dealkylation sites (N-methyl/N-ethyl adjacent to an activating group) is 1. The largest absolute Gasteiger partial charge is 0.481 e. The Hall–Kier alpha value is -1.13. The molecule has 0 saturated heterocycles. The number of aromatic nitrogens is 1. The van der Waals surface area contributed by atoms with Crippen molar-refractivity contribution in [2.75, 3.05) is 20.2 Å². The Kier molecular flexibility index (Phi) is 4.77. The summed E-state index contributed by atoms with van der Waals surface area (Å²) in [7, 11) is 1.65. The van der Waals surface area contributed by atoms with Crippen LogP contribution in [0.5, 0.6) is 5.88 Å². The molecule has 1 aliphatic rings. The van der Waals surface area contributed by atoms with Crippen LogP contribution in [0.15, 0.2) is 18.2 Å². The molecular formula is C15H25N3O. The number of methoxy groups -OCH3 is 1. The van der Waals surface area contributed by atoms with Gasteiger partial charge in [-0.15, -0.1) is 0 Å². The SMILES string of the molecule is CCN(Cc1cccc(OC)n1)C1(CN)CCCC1.